The number of carboxylic acids is 1. The number of benzene rings is 1. The van der Waals surface area contributed by atoms with Crippen molar-refractivity contribution in [2.24, 2.45) is 0 Å². The van der Waals surface area contributed by atoms with Crippen molar-refractivity contribution >= 4 is 17.3 Å². The van der Waals surface area contributed by atoms with Crippen LogP contribution in [0.3, 0.4) is 0 Å². The Balaban J connectivity index is 2.34. The Morgan fingerprint density at radius 1 is 1.42 bits per heavy atom. The Bertz CT molecular complexity index is 465. The molecule has 0 spiro atoms. The second-order valence-electron chi connectivity index (χ2n) is 4.43. The second-order valence-corrected chi connectivity index (χ2v) is 4.43. The van der Waals surface area contributed by atoms with Crippen LogP contribution in [0.25, 0.3) is 0 Å². The lowest BCUT2D eigenvalue weighted by Crippen LogP contribution is -2.35. The summed E-state index contributed by atoms with van der Waals surface area (Å²) in [5, 5.41) is 26.3. The number of anilines is 1. The van der Waals surface area contributed by atoms with E-state index in [1.54, 1.807) is 0 Å². The molecule has 0 unspecified atom stereocenters. The molecule has 0 radical (unpaired) electrons. The zero-order valence-electron chi connectivity index (χ0n) is 10.3. The van der Waals surface area contributed by atoms with E-state index in [0.29, 0.717) is 0 Å². The Morgan fingerprint density at radius 2 is 2.11 bits per heavy atom. The summed E-state index contributed by atoms with van der Waals surface area (Å²) < 4.78 is 0. The Morgan fingerprint density at radius 3 is 2.68 bits per heavy atom. The van der Waals surface area contributed by atoms with E-state index in [-0.39, 0.29) is 23.0 Å². The van der Waals surface area contributed by atoms with Gasteiger partial charge in [0.15, 0.2) is 0 Å². The topological polar surface area (TPSA) is 104 Å². The first-order valence-corrected chi connectivity index (χ1v) is 6.07. The molecule has 19 heavy (non-hydrogen) atoms. The fourth-order valence-electron chi connectivity index (χ4n) is 2.19. The maximum absolute atomic E-state index is 11.2. The molecule has 1 aromatic carbocycles. The van der Waals surface area contributed by atoms with Crippen LogP contribution in [-0.4, -0.2) is 35.1 Å². The van der Waals surface area contributed by atoms with Gasteiger partial charge in [-0.1, -0.05) is 6.07 Å². The van der Waals surface area contributed by atoms with Gasteiger partial charge in [-0.25, -0.2) is 4.79 Å². The third kappa shape index (κ3) is 3.00. The fourth-order valence-corrected chi connectivity index (χ4v) is 2.19. The van der Waals surface area contributed by atoms with Gasteiger partial charge in [-0.2, -0.15) is 0 Å². The van der Waals surface area contributed by atoms with Crippen LogP contribution in [-0.2, 0) is 0 Å². The van der Waals surface area contributed by atoms with Gasteiger partial charge in [-0.05, 0) is 32.0 Å². The minimum atomic E-state index is -1.17. The molecule has 1 saturated heterocycles. The molecule has 0 saturated carbocycles. The molecule has 1 aliphatic rings. The van der Waals surface area contributed by atoms with Crippen LogP contribution in [0.15, 0.2) is 18.2 Å². The SMILES string of the molecule is O=C(O)c1cccc([N+](=O)[O-])c1NC1CCNCC1. The van der Waals surface area contributed by atoms with Gasteiger partial charge in [0.2, 0.25) is 0 Å². The summed E-state index contributed by atoms with van der Waals surface area (Å²) in [5.41, 5.74) is -0.155. The molecule has 0 bridgehead atoms. The van der Waals surface area contributed by atoms with Crippen molar-refractivity contribution in [1.82, 2.24) is 5.32 Å². The summed E-state index contributed by atoms with van der Waals surface area (Å²) >= 11 is 0. The molecular weight excluding hydrogens is 250 g/mol. The third-order valence-corrected chi connectivity index (χ3v) is 3.16. The number of aromatic carboxylic acids is 1. The van der Waals surface area contributed by atoms with Crippen LogP contribution in [0.5, 0.6) is 0 Å². The maximum atomic E-state index is 11.2. The van der Waals surface area contributed by atoms with Crippen molar-refractivity contribution < 1.29 is 14.8 Å². The van der Waals surface area contributed by atoms with Crippen molar-refractivity contribution in [3.05, 3.63) is 33.9 Å². The van der Waals surface area contributed by atoms with E-state index in [0.717, 1.165) is 25.9 Å². The number of para-hydroxylation sites is 1. The first kappa shape index (κ1) is 13.3. The number of carbonyl (C=O) groups is 1. The van der Waals surface area contributed by atoms with Gasteiger partial charge in [-0.3, -0.25) is 10.1 Å². The van der Waals surface area contributed by atoms with Crippen LogP contribution in [0.2, 0.25) is 0 Å². The highest BCUT2D eigenvalue weighted by Gasteiger charge is 2.24. The molecule has 1 fully saturated rings. The van der Waals surface area contributed by atoms with Gasteiger partial charge in [0.1, 0.15) is 5.69 Å². The number of carboxylic acid groups (broad SMARTS) is 1. The molecule has 0 aromatic heterocycles. The fraction of sp³-hybridized carbons (Fsp3) is 0.417. The monoisotopic (exact) mass is 265 g/mol. The van der Waals surface area contributed by atoms with E-state index in [4.69, 9.17) is 5.11 Å². The van der Waals surface area contributed by atoms with E-state index >= 15 is 0 Å². The molecule has 102 valence electrons. The molecule has 0 atom stereocenters. The van der Waals surface area contributed by atoms with Crippen molar-refractivity contribution in [3.63, 3.8) is 0 Å². The molecule has 1 aliphatic heterocycles. The van der Waals surface area contributed by atoms with Crippen LogP contribution in [0.4, 0.5) is 11.4 Å². The summed E-state index contributed by atoms with van der Waals surface area (Å²) in [4.78, 5) is 21.6. The van der Waals surface area contributed by atoms with E-state index in [1.165, 1.54) is 18.2 Å². The number of nitro benzene ring substituents is 1. The summed E-state index contributed by atoms with van der Waals surface area (Å²) in [6.07, 6.45) is 1.62. The number of nitrogens with one attached hydrogen (secondary N) is 2. The maximum Gasteiger partial charge on any atom is 0.338 e. The summed E-state index contributed by atoms with van der Waals surface area (Å²) in [5.74, 6) is -1.17. The number of piperidine rings is 1. The van der Waals surface area contributed by atoms with Crippen molar-refractivity contribution in [2.45, 2.75) is 18.9 Å². The Hall–Kier alpha value is -2.15. The predicted molar refractivity (Wildman–Crippen MR) is 69.6 cm³/mol. The zero-order valence-corrected chi connectivity index (χ0v) is 10.3. The van der Waals surface area contributed by atoms with Gasteiger partial charge >= 0.3 is 5.97 Å². The number of nitro groups is 1. The van der Waals surface area contributed by atoms with E-state index in [1.807, 2.05) is 0 Å². The van der Waals surface area contributed by atoms with Crippen molar-refractivity contribution in [1.29, 1.82) is 0 Å². The van der Waals surface area contributed by atoms with Gasteiger partial charge in [0, 0.05) is 12.1 Å². The number of hydrogen-bond donors (Lipinski definition) is 3. The predicted octanol–water partition coefficient (Wildman–Crippen LogP) is 1.46. The van der Waals surface area contributed by atoms with E-state index < -0.39 is 10.9 Å². The standard InChI is InChI=1S/C12H15N3O4/c16-12(17)9-2-1-3-10(15(18)19)11(9)14-8-4-6-13-7-5-8/h1-3,8,13-14H,4-7H2,(H,16,17). The molecule has 7 nitrogen and oxygen atoms in total. The first-order valence-electron chi connectivity index (χ1n) is 6.07. The first-order chi connectivity index (χ1) is 9.09. The number of hydrogen-bond acceptors (Lipinski definition) is 5. The third-order valence-electron chi connectivity index (χ3n) is 3.16. The van der Waals surface area contributed by atoms with Crippen LogP contribution < -0.4 is 10.6 Å². The lowest BCUT2D eigenvalue weighted by Gasteiger charge is -2.25. The molecule has 7 heteroatoms. The molecular formula is C12H15N3O4. The van der Waals surface area contributed by atoms with E-state index in [9.17, 15) is 14.9 Å². The van der Waals surface area contributed by atoms with Crippen molar-refractivity contribution in [3.8, 4) is 0 Å². The molecule has 0 amide bonds. The van der Waals surface area contributed by atoms with Crippen LogP contribution in [0, 0.1) is 10.1 Å². The number of rotatable bonds is 4. The summed E-state index contributed by atoms with van der Waals surface area (Å²) in [6, 6.07) is 4.13. The van der Waals surface area contributed by atoms with Gasteiger partial charge in [0.05, 0.1) is 10.5 Å². The highest BCUT2D eigenvalue weighted by molar-refractivity contribution is 5.96. The average molecular weight is 265 g/mol. The molecule has 2 rings (SSSR count). The quantitative estimate of drug-likeness (QED) is 0.562. The largest absolute Gasteiger partial charge is 0.478 e. The summed E-state index contributed by atoms with van der Waals surface area (Å²) in [7, 11) is 0. The lowest BCUT2D eigenvalue weighted by atomic mass is 10.0. The zero-order chi connectivity index (χ0) is 13.8. The van der Waals surface area contributed by atoms with Crippen LogP contribution >= 0.6 is 0 Å². The average Bonchev–Trinajstić information content (AvgIpc) is 2.39. The molecule has 3 N–H and O–H groups in total. The highest BCUT2D eigenvalue weighted by atomic mass is 16.6. The van der Waals surface area contributed by atoms with Gasteiger partial charge in [-0.15, -0.1) is 0 Å². The Labute approximate surface area is 109 Å². The van der Waals surface area contributed by atoms with E-state index in [2.05, 4.69) is 10.6 Å². The lowest BCUT2D eigenvalue weighted by molar-refractivity contribution is -0.384. The smallest absolute Gasteiger partial charge is 0.338 e. The second kappa shape index (κ2) is 5.66. The molecule has 0 aliphatic carbocycles. The molecule has 1 heterocycles. The van der Waals surface area contributed by atoms with Crippen LogP contribution in [0.1, 0.15) is 23.2 Å². The summed E-state index contributed by atoms with van der Waals surface area (Å²) in [6.45, 7) is 1.64. The van der Waals surface area contributed by atoms with Gasteiger partial charge < -0.3 is 15.7 Å². The normalized spacial score (nSPS) is 16.0. The number of nitrogens with zero attached hydrogens (tertiary/aromatic N) is 1. The highest BCUT2D eigenvalue weighted by Crippen LogP contribution is 2.30. The minimum absolute atomic E-state index is 0.0560. The minimum Gasteiger partial charge on any atom is -0.478 e. The Kier molecular flexibility index (Phi) is 3.96. The van der Waals surface area contributed by atoms with Crippen molar-refractivity contribution in [2.75, 3.05) is 18.4 Å². The van der Waals surface area contributed by atoms with Gasteiger partial charge in [0.25, 0.3) is 5.69 Å². The molecule has 1 aromatic rings.